The highest BCUT2D eigenvalue weighted by molar-refractivity contribution is 6.29. The number of pyridine rings is 1. The van der Waals surface area contributed by atoms with Crippen LogP contribution in [0.4, 0.5) is 0 Å². The summed E-state index contributed by atoms with van der Waals surface area (Å²) < 4.78 is 0. The van der Waals surface area contributed by atoms with Crippen molar-refractivity contribution in [2.45, 2.75) is 0 Å². The van der Waals surface area contributed by atoms with E-state index in [-0.39, 0.29) is 5.91 Å². The fraction of sp³-hybridized carbons (Fsp3) is 0.500. The van der Waals surface area contributed by atoms with Gasteiger partial charge in [0.2, 0.25) is 0 Å². The number of aromatic nitrogens is 1. The zero-order valence-electron chi connectivity index (χ0n) is 10.2. The van der Waals surface area contributed by atoms with Gasteiger partial charge in [-0.3, -0.25) is 9.69 Å². The second-order valence-electron chi connectivity index (χ2n) is 4.21. The molecule has 0 unspecified atom stereocenters. The summed E-state index contributed by atoms with van der Waals surface area (Å²) in [5.41, 5.74) is 0.551. The standard InChI is InChI=1S/C12H17ClN4O/c13-11-9-10(1-2-15-11)12(18)16-5-8-17-6-3-14-4-7-17/h1-2,9,14H,3-8H2,(H,16,18). The second-order valence-corrected chi connectivity index (χ2v) is 4.60. The SMILES string of the molecule is O=C(NCCN1CCNCC1)c1ccnc(Cl)c1. The Morgan fingerprint density at radius 1 is 1.50 bits per heavy atom. The van der Waals surface area contributed by atoms with E-state index in [1.807, 2.05) is 0 Å². The maximum Gasteiger partial charge on any atom is 0.251 e. The third kappa shape index (κ3) is 3.94. The van der Waals surface area contributed by atoms with Gasteiger partial charge in [-0.1, -0.05) is 11.6 Å². The molecule has 1 aromatic heterocycles. The molecule has 2 rings (SSSR count). The number of rotatable bonds is 4. The number of nitrogens with zero attached hydrogens (tertiary/aromatic N) is 2. The Labute approximate surface area is 112 Å². The lowest BCUT2D eigenvalue weighted by molar-refractivity contribution is 0.0947. The molecule has 0 radical (unpaired) electrons. The molecule has 1 fully saturated rings. The van der Waals surface area contributed by atoms with Crippen LogP contribution in [0.5, 0.6) is 0 Å². The van der Waals surface area contributed by atoms with Crippen molar-refractivity contribution in [3.05, 3.63) is 29.0 Å². The highest BCUT2D eigenvalue weighted by Crippen LogP contribution is 2.06. The average Bonchev–Trinajstić information content (AvgIpc) is 2.40. The maximum absolute atomic E-state index is 11.8. The highest BCUT2D eigenvalue weighted by Gasteiger charge is 2.10. The van der Waals surface area contributed by atoms with Crippen LogP contribution < -0.4 is 10.6 Å². The molecule has 0 atom stereocenters. The Morgan fingerprint density at radius 2 is 2.28 bits per heavy atom. The van der Waals surface area contributed by atoms with Crippen LogP contribution in [0.15, 0.2) is 18.3 Å². The lowest BCUT2D eigenvalue weighted by Gasteiger charge is -2.27. The molecule has 0 aromatic carbocycles. The largest absolute Gasteiger partial charge is 0.351 e. The number of hydrogen-bond donors (Lipinski definition) is 2. The summed E-state index contributed by atoms with van der Waals surface area (Å²) >= 11 is 5.74. The normalized spacial score (nSPS) is 16.5. The molecular formula is C12H17ClN4O. The quantitative estimate of drug-likeness (QED) is 0.775. The maximum atomic E-state index is 11.8. The van der Waals surface area contributed by atoms with Crippen molar-refractivity contribution < 1.29 is 4.79 Å². The predicted octanol–water partition coefficient (Wildman–Crippen LogP) is 0.370. The number of halogens is 1. The van der Waals surface area contributed by atoms with Crippen LogP contribution in [0.3, 0.4) is 0 Å². The molecule has 1 aromatic rings. The van der Waals surface area contributed by atoms with E-state index >= 15 is 0 Å². The third-order valence-electron chi connectivity index (χ3n) is 2.91. The van der Waals surface area contributed by atoms with Crippen molar-refractivity contribution in [2.75, 3.05) is 39.3 Å². The van der Waals surface area contributed by atoms with E-state index in [4.69, 9.17) is 11.6 Å². The minimum atomic E-state index is -0.102. The molecular weight excluding hydrogens is 252 g/mol. The fourth-order valence-corrected chi connectivity index (χ4v) is 2.08. The summed E-state index contributed by atoms with van der Waals surface area (Å²) in [6, 6.07) is 3.23. The number of carbonyl (C=O) groups is 1. The summed E-state index contributed by atoms with van der Waals surface area (Å²) in [5.74, 6) is -0.102. The van der Waals surface area contributed by atoms with Gasteiger partial charge in [0.15, 0.2) is 0 Å². The van der Waals surface area contributed by atoms with E-state index in [9.17, 15) is 4.79 Å². The van der Waals surface area contributed by atoms with E-state index in [2.05, 4.69) is 20.5 Å². The summed E-state index contributed by atoms with van der Waals surface area (Å²) in [4.78, 5) is 18.0. The first-order valence-electron chi connectivity index (χ1n) is 6.08. The Morgan fingerprint density at radius 3 is 3.00 bits per heavy atom. The summed E-state index contributed by atoms with van der Waals surface area (Å²) in [6.07, 6.45) is 1.54. The lowest BCUT2D eigenvalue weighted by Crippen LogP contribution is -2.46. The molecule has 2 heterocycles. The first kappa shape index (κ1) is 13.3. The minimum Gasteiger partial charge on any atom is -0.351 e. The number of hydrogen-bond acceptors (Lipinski definition) is 4. The average molecular weight is 269 g/mol. The van der Waals surface area contributed by atoms with Crippen LogP contribution in [0.1, 0.15) is 10.4 Å². The van der Waals surface area contributed by atoms with Gasteiger partial charge < -0.3 is 10.6 Å². The zero-order valence-corrected chi connectivity index (χ0v) is 10.9. The first-order valence-corrected chi connectivity index (χ1v) is 6.46. The fourth-order valence-electron chi connectivity index (χ4n) is 1.91. The monoisotopic (exact) mass is 268 g/mol. The lowest BCUT2D eigenvalue weighted by atomic mass is 10.2. The zero-order chi connectivity index (χ0) is 12.8. The van der Waals surface area contributed by atoms with Crippen LogP contribution in [-0.2, 0) is 0 Å². The van der Waals surface area contributed by atoms with Crippen molar-refractivity contribution in [3.63, 3.8) is 0 Å². The number of nitrogens with one attached hydrogen (secondary N) is 2. The molecule has 1 aliphatic rings. The molecule has 0 saturated carbocycles. The van der Waals surface area contributed by atoms with Crippen LogP contribution in [0, 0.1) is 0 Å². The van der Waals surface area contributed by atoms with E-state index in [1.54, 1.807) is 12.1 Å². The first-order chi connectivity index (χ1) is 8.75. The number of amides is 1. The molecule has 0 spiro atoms. The third-order valence-corrected chi connectivity index (χ3v) is 3.12. The highest BCUT2D eigenvalue weighted by atomic mass is 35.5. The van der Waals surface area contributed by atoms with Gasteiger partial charge in [0.25, 0.3) is 5.91 Å². The molecule has 1 amide bonds. The Bertz CT molecular complexity index is 407. The van der Waals surface area contributed by atoms with Crippen molar-refractivity contribution in [1.82, 2.24) is 20.5 Å². The molecule has 5 nitrogen and oxygen atoms in total. The minimum absolute atomic E-state index is 0.102. The Hall–Kier alpha value is -1.17. The van der Waals surface area contributed by atoms with Gasteiger partial charge >= 0.3 is 0 Å². The second kappa shape index (κ2) is 6.68. The number of piperazine rings is 1. The summed E-state index contributed by atoms with van der Waals surface area (Å²) in [6.45, 7) is 5.65. The Balaban J connectivity index is 1.74. The molecule has 18 heavy (non-hydrogen) atoms. The van der Waals surface area contributed by atoms with Gasteiger partial charge in [0, 0.05) is 51.0 Å². The Kier molecular flexibility index (Phi) is 4.92. The van der Waals surface area contributed by atoms with E-state index in [1.165, 1.54) is 6.20 Å². The van der Waals surface area contributed by atoms with E-state index in [0.29, 0.717) is 17.3 Å². The summed E-state index contributed by atoms with van der Waals surface area (Å²) in [7, 11) is 0. The van der Waals surface area contributed by atoms with Gasteiger partial charge in [0.1, 0.15) is 5.15 Å². The van der Waals surface area contributed by atoms with E-state index in [0.717, 1.165) is 32.7 Å². The molecule has 98 valence electrons. The van der Waals surface area contributed by atoms with Gasteiger partial charge in [-0.2, -0.15) is 0 Å². The molecule has 2 N–H and O–H groups in total. The van der Waals surface area contributed by atoms with Gasteiger partial charge in [0.05, 0.1) is 0 Å². The van der Waals surface area contributed by atoms with Crippen LogP contribution in [0.2, 0.25) is 5.15 Å². The van der Waals surface area contributed by atoms with Crippen molar-refractivity contribution in [1.29, 1.82) is 0 Å². The van der Waals surface area contributed by atoms with Gasteiger partial charge in [-0.15, -0.1) is 0 Å². The van der Waals surface area contributed by atoms with Crippen LogP contribution >= 0.6 is 11.6 Å². The predicted molar refractivity (Wildman–Crippen MR) is 70.9 cm³/mol. The molecule has 0 aliphatic carbocycles. The molecule has 1 aliphatic heterocycles. The van der Waals surface area contributed by atoms with Crippen molar-refractivity contribution >= 4 is 17.5 Å². The van der Waals surface area contributed by atoms with Gasteiger partial charge in [-0.05, 0) is 12.1 Å². The van der Waals surface area contributed by atoms with Crippen molar-refractivity contribution in [2.24, 2.45) is 0 Å². The molecule has 6 heteroatoms. The molecule has 0 bridgehead atoms. The van der Waals surface area contributed by atoms with Crippen molar-refractivity contribution in [3.8, 4) is 0 Å². The summed E-state index contributed by atoms with van der Waals surface area (Å²) in [5, 5.41) is 6.52. The topological polar surface area (TPSA) is 57.3 Å². The van der Waals surface area contributed by atoms with E-state index < -0.39 is 0 Å². The van der Waals surface area contributed by atoms with Crippen LogP contribution in [0.25, 0.3) is 0 Å². The number of carbonyl (C=O) groups excluding carboxylic acids is 1. The smallest absolute Gasteiger partial charge is 0.251 e. The van der Waals surface area contributed by atoms with Crippen LogP contribution in [-0.4, -0.2) is 55.1 Å². The molecule has 1 saturated heterocycles. The van der Waals surface area contributed by atoms with Gasteiger partial charge in [-0.25, -0.2) is 4.98 Å².